The molecule has 10 heteroatoms. The summed E-state index contributed by atoms with van der Waals surface area (Å²) in [4.78, 5) is 16.1. The highest BCUT2D eigenvalue weighted by Crippen LogP contribution is 2.33. The van der Waals surface area contributed by atoms with Crippen LogP contribution in [0.15, 0.2) is 77.5 Å². The van der Waals surface area contributed by atoms with Gasteiger partial charge in [-0.1, -0.05) is 6.07 Å². The lowest BCUT2D eigenvalue weighted by molar-refractivity contribution is 0.102. The fourth-order valence-electron chi connectivity index (χ4n) is 3.90. The van der Waals surface area contributed by atoms with E-state index in [4.69, 9.17) is 0 Å². The number of H-pyrrole nitrogens is 1. The van der Waals surface area contributed by atoms with E-state index in [1.54, 1.807) is 42.5 Å². The fraction of sp³-hybridized carbons (Fsp3) is 0.0385. The van der Waals surface area contributed by atoms with Crippen molar-refractivity contribution < 1.29 is 22.0 Å². The molecule has 0 saturated heterocycles. The minimum atomic E-state index is -3.44. The maximum Gasteiger partial charge on any atom is 0.272 e. The number of aromatic amines is 1. The molecule has 0 spiro atoms. The molecule has 1 amide bonds. The number of halogens is 2. The maximum atomic E-state index is 14.6. The third-order valence-corrected chi connectivity index (χ3v) is 6.75. The summed E-state index contributed by atoms with van der Waals surface area (Å²) < 4.78 is 53.4. The van der Waals surface area contributed by atoms with Crippen LogP contribution in [0.3, 0.4) is 0 Å². The molecular weight excluding hydrogens is 504 g/mol. The molecule has 5 aromatic rings. The number of rotatable bonds is 6. The number of aromatic nitrogens is 1. The van der Waals surface area contributed by atoms with Crippen molar-refractivity contribution in [1.29, 1.82) is 0 Å². The second kappa shape index (κ2) is 9.21. The highest BCUT2D eigenvalue weighted by molar-refractivity contribution is 7.92. The Hall–Kier alpha value is -4.02. The van der Waals surface area contributed by atoms with Gasteiger partial charge in [0.1, 0.15) is 17.3 Å². The van der Waals surface area contributed by atoms with Crippen LogP contribution in [0.5, 0.6) is 0 Å². The molecule has 2 heterocycles. The second-order valence-corrected chi connectivity index (χ2v) is 10.8. The second-order valence-electron chi connectivity index (χ2n) is 8.25. The Labute approximate surface area is 209 Å². The average Bonchev–Trinajstić information content (AvgIpc) is 3.48. The van der Waals surface area contributed by atoms with E-state index in [0.29, 0.717) is 22.5 Å². The minimum absolute atomic E-state index is 0.209. The first-order valence-corrected chi connectivity index (χ1v) is 13.5. The number of benzene rings is 3. The molecule has 3 aromatic carbocycles. The highest BCUT2D eigenvalue weighted by Gasteiger charge is 2.15. The minimum Gasteiger partial charge on any atom is -0.350 e. The van der Waals surface area contributed by atoms with Crippen LogP contribution in [0.1, 0.15) is 10.5 Å². The van der Waals surface area contributed by atoms with Gasteiger partial charge in [0, 0.05) is 28.2 Å². The molecule has 0 atom stereocenters. The lowest BCUT2D eigenvalue weighted by Gasteiger charge is -2.11. The standard InChI is InChI=1S/C26H19F2N3O3S2/c1-36(33,34)31-20-4-2-15-11-25(30-24(15)13-20)26(32)29-21-9-17(16-6-7-35-14-16)8-18(10-21)22-5-3-19(27)12-23(22)28/h2-14,30-31H,1H3,(H,29,32). The van der Waals surface area contributed by atoms with Crippen LogP contribution in [0.2, 0.25) is 0 Å². The molecule has 0 saturated carbocycles. The van der Waals surface area contributed by atoms with Gasteiger partial charge in [-0.2, -0.15) is 11.3 Å². The smallest absolute Gasteiger partial charge is 0.272 e. The third kappa shape index (κ3) is 5.14. The Morgan fingerprint density at radius 1 is 0.889 bits per heavy atom. The molecule has 182 valence electrons. The van der Waals surface area contributed by atoms with Crippen molar-refractivity contribution in [3.05, 3.63) is 94.8 Å². The summed E-state index contributed by atoms with van der Waals surface area (Å²) in [5, 5.41) is 7.41. The number of carbonyl (C=O) groups excluding carboxylic acids is 1. The SMILES string of the molecule is CS(=O)(=O)Nc1ccc2cc(C(=O)Nc3cc(-c4ccsc4)cc(-c4ccc(F)cc4F)c3)[nH]c2c1. The lowest BCUT2D eigenvalue weighted by atomic mass is 9.99. The number of nitrogens with one attached hydrogen (secondary N) is 3. The number of hydrogen-bond donors (Lipinski definition) is 3. The zero-order chi connectivity index (χ0) is 25.4. The third-order valence-electron chi connectivity index (χ3n) is 5.46. The molecule has 2 aromatic heterocycles. The summed E-state index contributed by atoms with van der Waals surface area (Å²) in [5.74, 6) is -1.81. The molecule has 6 nitrogen and oxygen atoms in total. The molecule has 0 radical (unpaired) electrons. The first kappa shape index (κ1) is 23.7. The predicted octanol–water partition coefficient (Wildman–Crippen LogP) is 6.47. The van der Waals surface area contributed by atoms with Crippen LogP contribution in [0, 0.1) is 11.6 Å². The monoisotopic (exact) mass is 523 g/mol. The Bertz CT molecular complexity index is 1710. The quantitative estimate of drug-likeness (QED) is 0.238. The van der Waals surface area contributed by atoms with Gasteiger partial charge in [0.05, 0.1) is 11.9 Å². The van der Waals surface area contributed by atoms with E-state index in [0.717, 1.165) is 28.8 Å². The molecule has 0 bridgehead atoms. The molecule has 0 aliphatic heterocycles. The van der Waals surface area contributed by atoms with E-state index in [2.05, 4.69) is 15.0 Å². The van der Waals surface area contributed by atoms with Gasteiger partial charge in [0.15, 0.2) is 0 Å². The van der Waals surface area contributed by atoms with Crippen molar-refractivity contribution >= 4 is 49.5 Å². The van der Waals surface area contributed by atoms with Crippen LogP contribution in [0.4, 0.5) is 20.2 Å². The highest BCUT2D eigenvalue weighted by atomic mass is 32.2. The number of fused-ring (bicyclic) bond motifs is 1. The summed E-state index contributed by atoms with van der Waals surface area (Å²) >= 11 is 1.51. The van der Waals surface area contributed by atoms with Crippen molar-refractivity contribution in [3.63, 3.8) is 0 Å². The van der Waals surface area contributed by atoms with Crippen molar-refractivity contribution in [3.8, 4) is 22.3 Å². The summed E-state index contributed by atoms with van der Waals surface area (Å²) in [6, 6.07) is 17.0. The van der Waals surface area contributed by atoms with Crippen molar-refractivity contribution in [2.75, 3.05) is 16.3 Å². The molecule has 3 N–H and O–H groups in total. The zero-order valence-electron chi connectivity index (χ0n) is 18.8. The van der Waals surface area contributed by atoms with E-state index in [-0.39, 0.29) is 11.3 Å². The molecule has 0 aliphatic rings. The van der Waals surface area contributed by atoms with Crippen LogP contribution < -0.4 is 10.0 Å². The van der Waals surface area contributed by atoms with Crippen LogP contribution in [0.25, 0.3) is 33.2 Å². The van der Waals surface area contributed by atoms with Gasteiger partial charge in [-0.25, -0.2) is 17.2 Å². The Morgan fingerprint density at radius 3 is 2.42 bits per heavy atom. The van der Waals surface area contributed by atoms with E-state index in [1.807, 2.05) is 16.8 Å². The Balaban J connectivity index is 1.49. The number of anilines is 2. The van der Waals surface area contributed by atoms with Crippen LogP contribution >= 0.6 is 11.3 Å². The topological polar surface area (TPSA) is 91.1 Å². The Morgan fingerprint density at radius 2 is 1.69 bits per heavy atom. The predicted molar refractivity (Wildman–Crippen MR) is 140 cm³/mol. The van der Waals surface area contributed by atoms with Gasteiger partial charge in [-0.15, -0.1) is 0 Å². The maximum absolute atomic E-state index is 14.6. The van der Waals surface area contributed by atoms with Gasteiger partial charge in [-0.3, -0.25) is 9.52 Å². The van der Waals surface area contributed by atoms with Gasteiger partial charge < -0.3 is 10.3 Å². The Kier molecular flexibility index (Phi) is 6.07. The fourth-order valence-corrected chi connectivity index (χ4v) is 5.12. The normalized spacial score (nSPS) is 11.5. The first-order valence-electron chi connectivity index (χ1n) is 10.7. The van der Waals surface area contributed by atoms with Gasteiger partial charge in [0.2, 0.25) is 10.0 Å². The largest absolute Gasteiger partial charge is 0.350 e. The number of thiophene rings is 1. The number of hydrogen-bond acceptors (Lipinski definition) is 4. The number of sulfonamides is 1. The summed E-state index contributed by atoms with van der Waals surface area (Å²) in [5.41, 5.74) is 4.00. The van der Waals surface area contributed by atoms with Gasteiger partial charge in [-0.05, 0) is 82.0 Å². The summed E-state index contributed by atoms with van der Waals surface area (Å²) in [7, 11) is -3.44. The van der Waals surface area contributed by atoms with Crippen molar-refractivity contribution in [2.45, 2.75) is 0 Å². The number of carbonyl (C=O) groups is 1. The van der Waals surface area contributed by atoms with Crippen LogP contribution in [-0.4, -0.2) is 25.6 Å². The molecular formula is C26H19F2N3O3S2. The van der Waals surface area contributed by atoms with Gasteiger partial charge in [0.25, 0.3) is 5.91 Å². The van der Waals surface area contributed by atoms with Crippen molar-refractivity contribution in [1.82, 2.24) is 4.98 Å². The van der Waals surface area contributed by atoms with E-state index in [9.17, 15) is 22.0 Å². The molecule has 0 fully saturated rings. The molecule has 36 heavy (non-hydrogen) atoms. The zero-order valence-corrected chi connectivity index (χ0v) is 20.4. The van der Waals surface area contributed by atoms with Crippen LogP contribution in [-0.2, 0) is 10.0 Å². The van der Waals surface area contributed by atoms with E-state index >= 15 is 0 Å². The first-order chi connectivity index (χ1) is 17.1. The summed E-state index contributed by atoms with van der Waals surface area (Å²) in [6.45, 7) is 0. The molecule has 0 unspecified atom stereocenters. The lowest BCUT2D eigenvalue weighted by Crippen LogP contribution is -2.12. The molecule has 0 aliphatic carbocycles. The van der Waals surface area contributed by atoms with E-state index < -0.39 is 27.6 Å². The summed E-state index contributed by atoms with van der Waals surface area (Å²) in [6.07, 6.45) is 1.06. The molecule has 5 rings (SSSR count). The number of amides is 1. The van der Waals surface area contributed by atoms with E-state index in [1.165, 1.54) is 23.5 Å². The average molecular weight is 524 g/mol. The van der Waals surface area contributed by atoms with Gasteiger partial charge >= 0.3 is 0 Å². The van der Waals surface area contributed by atoms with Crippen molar-refractivity contribution in [2.24, 2.45) is 0 Å².